The van der Waals surface area contributed by atoms with E-state index >= 15 is 0 Å². The first kappa shape index (κ1) is 20.8. The topological polar surface area (TPSA) is 102 Å². The van der Waals surface area contributed by atoms with Crippen molar-refractivity contribution in [1.82, 2.24) is 20.4 Å². The van der Waals surface area contributed by atoms with E-state index in [4.69, 9.17) is 4.74 Å². The number of aryl methyl sites for hydroxylation is 1. The van der Waals surface area contributed by atoms with Crippen LogP contribution in [0.15, 0.2) is 58.3 Å². The first-order chi connectivity index (χ1) is 15.0. The van der Waals surface area contributed by atoms with Crippen LogP contribution in [0.3, 0.4) is 0 Å². The Labute approximate surface area is 185 Å². The number of nitrogens with zero attached hydrogens (tertiary/aromatic N) is 2. The van der Waals surface area contributed by atoms with Gasteiger partial charge in [0.2, 0.25) is 0 Å². The number of ether oxygens (including phenoxy) is 1. The number of hydrogen-bond acceptors (Lipinski definition) is 7. The summed E-state index contributed by atoms with van der Waals surface area (Å²) in [6, 6.07) is 11.1. The van der Waals surface area contributed by atoms with Gasteiger partial charge in [-0.1, -0.05) is 18.2 Å². The van der Waals surface area contributed by atoms with Crippen LogP contribution >= 0.6 is 22.7 Å². The number of benzene rings is 1. The van der Waals surface area contributed by atoms with Gasteiger partial charge in [-0.3, -0.25) is 29.8 Å². The molecule has 2 amide bonds. The van der Waals surface area contributed by atoms with Crippen LogP contribution in [0.1, 0.15) is 5.56 Å². The average Bonchev–Trinajstić information content (AvgIpc) is 3.43. The molecule has 3 heterocycles. The van der Waals surface area contributed by atoms with Gasteiger partial charge in [0.25, 0.3) is 17.4 Å². The van der Waals surface area contributed by atoms with Crippen LogP contribution in [0.2, 0.25) is 0 Å². The molecule has 0 fully saturated rings. The number of fused-ring (bicyclic) bond motifs is 1. The van der Waals surface area contributed by atoms with Gasteiger partial charge in [0, 0.05) is 15.8 Å². The Morgan fingerprint density at radius 2 is 1.97 bits per heavy atom. The number of carbonyl (C=O) groups is 2. The van der Waals surface area contributed by atoms with Crippen LogP contribution in [-0.2, 0) is 16.1 Å². The molecule has 0 saturated heterocycles. The molecule has 0 spiro atoms. The molecule has 10 heteroatoms. The molecule has 1 aromatic carbocycles. The van der Waals surface area contributed by atoms with Crippen LogP contribution in [0.4, 0.5) is 0 Å². The number of amides is 2. The molecule has 0 bridgehead atoms. The van der Waals surface area contributed by atoms with Crippen molar-refractivity contribution >= 4 is 44.7 Å². The second kappa shape index (κ2) is 9.11. The minimum absolute atomic E-state index is 0.254. The van der Waals surface area contributed by atoms with Gasteiger partial charge in [-0.05, 0) is 36.1 Å². The Kier molecular flexibility index (Phi) is 6.10. The predicted molar refractivity (Wildman–Crippen MR) is 120 cm³/mol. The van der Waals surface area contributed by atoms with E-state index in [0.29, 0.717) is 16.0 Å². The van der Waals surface area contributed by atoms with Gasteiger partial charge < -0.3 is 4.74 Å². The zero-order valence-electron chi connectivity index (χ0n) is 16.5. The van der Waals surface area contributed by atoms with E-state index in [9.17, 15) is 14.4 Å². The maximum atomic E-state index is 12.9. The van der Waals surface area contributed by atoms with Crippen molar-refractivity contribution in [2.75, 3.05) is 6.61 Å². The van der Waals surface area contributed by atoms with E-state index in [1.807, 2.05) is 41.9 Å². The number of thiophene rings is 2. The predicted octanol–water partition coefficient (Wildman–Crippen LogP) is 2.72. The monoisotopic (exact) mass is 454 g/mol. The summed E-state index contributed by atoms with van der Waals surface area (Å²) in [5.41, 5.74) is 6.08. The van der Waals surface area contributed by atoms with Crippen molar-refractivity contribution < 1.29 is 14.3 Å². The van der Waals surface area contributed by atoms with E-state index in [0.717, 1.165) is 16.0 Å². The fourth-order valence-electron chi connectivity index (χ4n) is 2.92. The molecular weight excluding hydrogens is 436 g/mol. The zero-order valence-corrected chi connectivity index (χ0v) is 18.1. The number of hydrogen-bond donors (Lipinski definition) is 2. The summed E-state index contributed by atoms with van der Waals surface area (Å²) in [5, 5.41) is 4.31. The first-order valence-electron chi connectivity index (χ1n) is 9.29. The van der Waals surface area contributed by atoms with Gasteiger partial charge in [-0.15, -0.1) is 22.7 Å². The van der Waals surface area contributed by atoms with Crippen LogP contribution < -0.4 is 21.1 Å². The number of carbonyl (C=O) groups excluding carboxylic acids is 2. The van der Waals surface area contributed by atoms with Gasteiger partial charge >= 0.3 is 0 Å². The largest absolute Gasteiger partial charge is 0.484 e. The van der Waals surface area contributed by atoms with Crippen molar-refractivity contribution in [2.45, 2.75) is 13.5 Å². The van der Waals surface area contributed by atoms with Crippen LogP contribution in [0.25, 0.3) is 20.7 Å². The molecule has 0 radical (unpaired) electrons. The summed E-state index contributed by atoms with van der Waals surface area (Å²) in [4.78, 5) is 42.9. The van der Waals surface area contributed by atoms with E-state index in [1.165, 1.54) is 33.6 Å². The van der Waals surface area contributed by atoms with E-state index < -0.39 is 11.8 Å². The summed E-state index contributed by atoms with van der Waals surface area (Å²) < 4.78 is 6.60. The van der Waals surface area contributed by atoms with Crippen molar-refractivity contribution in [1.29, 1.82) is 0 Å². The van der Waals surface area contributed by atoms with E-state index in [2.05, 4.69) is 15.8 Å². The first-order valence-corrected chi connectivity index (χ1v) is 11.0. The highest BCUT2D eigenvalue weighted by atomic mass is 32.1. The lowest BCUT2D eigenvalue weighted by Gasteiger charge is -2.10. The van der Waals surface area contributed by atoms with Crippen molar-refractivity contribution in [3.05, 3.63) is 69.4 Å². The van der Waals surface area contributed by atoms with Gasteiger partial charge in [-0.25, -0.2) is 4.98 Å². The summed E-state index contributed by atoms with van der Waals surface area (Å²) in [7, 11) is 0. The molecule has 0 atom stereocenters. The fourth-order valence-corrected chi connectivity index (χ4v) is 4.64. The third-order valence-electron chi connectivity index (χ3n) is 4.36. The SMILES string of the molecule is Cc1cccc(OCC(=O)NNC(=O)Cn2cnc3scc(-c4cccs4)c3c2=O)c1. The molecule has 3 aromatic heterocycles. The highest BCUT2D eigenvalue weighted by Crippen LogP contribution is 2.33. The molecule has 2 N–H and O–H groups in total. The maximum Gasteiger partial charge on any atom is 0.276 e. The summed E-state index contributed by atoms with van der Waals surface area (Å²) in [6.07, 6.45) is 1.33. The molecule has 0 aliphatic carbocycles. The van der Waals surface area contributed by atoms with Crippen LogP contribution in [-0.4, -0.2) is 28.0 Å². The molecule has 158 valence electrons. The molecule has 0 unspecified atom stereocenters. The Morgan fingerprint density at radius 3 is 2.74 bits per heavy atom. The van der Waals surface area contributed by atoms with Gasteiger partial charge in [0.05, 0.1) is 11.7 Å². The van der Waals surface area contributed by atoms with E-state index in [-0.39, 0.29) is 18.7 Å². The molecule has 0 saturated carbocycles. The zero-order chi connectivity index (χ0) is 21.8. The lowest BCUT2D eigenvalue weighted by Crippen LogP contribution is -2.45. The average molecular weight is 455 g/mol. The van der Waals surface area contributed by atoms with Crippen molar-refractivity contribution in [3.63, 3.8) is 0 Å². The quantitative estimate of drug-likeness (QED) is 0.436. The highest BCUT2D eigenvalue weighted by Gasteiger charge is 2.15. The van der Waals surface area contributed by atoms with Crippen molar-refractivity contribution in [3.8, 4) is 16.2 Å². The summed E-state index contributed by atoms with van der Waals surface area (Å²) in [5.74, 6) is -0.515. The third kappa shape index (κ3) is 4.81. The molecule has 0 aliphatic heterocycles. The maximum absolute atomic E-state index is 12.9. The van der Waals surface area contributed by atoms with Gasteiger partial charge in [0.15, 0.2) is 6.61 Å². The van der Waals surface area contributed by atoms with Gasteiger partial charge in [-0.2, -0.15) is 0 Å². The number of rotatable bonds is 6. The molecule has 4 aromatic rings. The molecule has 0 aliphatic rings. The number of aromatic nitrogens is 2. The van der Waals surface area contributed by atoms with Crippen LogP contribution in [0, 0.1) is 6.92 Å². The van der Waals surface area contributed by atoms with Crippen LogP contribution in [0.5, 0.6) is 5.75 Å². The summed E-state index contributed by atoms with van der Waals surface area (Å²) in [6.45, 7) is 1.39. The van der Waals surface area contributed by atoms with Crippen molar-refractivity contribution in [2.24, 2.45) is 0 Å². The normalized spacial score (nSPS) is 10.7. The fraction of sp³-hybridized carbons (Fsp3) is 0.143. The second-order valence-corrected chi connectivity index (χ2v) is 8.49. The van der Waals surface area contributed by atoms with Gasteiger partial charge in [0.1, 0.15) is 17.1 Å². The minimum Gasteiger partial charge on any atom is -0.484 e. The highest BCUT2D eigenvalue weighted by molar-refractivity contribution is 7.18. The lowest BCUT2D eigenvalue weighted by atomic mass is 10.2. The molecule has 31 heavy (non-hydrogen) atoms. The standard InChI is InChI=1S/C21H18N4O4S2/c1-13-4-2-5-14(8-13)29-10-18(27)24-23-17(26)9-25-12-22-20-19(21(25)28)15(11-31-20)16-6-3-7-30-16/h2-8,11-12H,9-10H2,1H3,(H,23,26)(H,24,27). The smallest absolute Gasteiger partial charge is 0.276 e. The molecule has 8 nitrogen and oxygen atoms in total. The Hall–Kier alpha value is -3.50. The lowest BCUT2D eigenvalue weighted by molar-refractivity contribution is -0.130. The summed E-state index contributed by atoms with van der Waals surface area (Å²) >= 11 is 2.91. The number of nitrogens with one attached hydrogen (secondary N) is 2. The number of hydrazine groups is 1. The third-order valence-corrected chi connectivity index (χ3v) is 6.15. The Balaban J connectivity index is 1.37. The molecular formula is C21H18N4O4S2. The Morgan fingerprint density at radius 1 is 1.13 bits per heavy atom. The minimum atomic E-state index is -0.556. The Bertz CT molecular complexity index is 1290. The molecule has 4 rings (SSSR count). The van der Waals surface area contributed by atoms with E-state index in [1.54, 1.807) is 12.1 Å². The second-order valence-electron chi connectivity index (χ2n) is 6.69.